The average molecular weight is 358 g/mol. The van der Waals surface area contributed by atoms with Crippen LogP contribution in [-0.2, 0) is 12.6 Å². The first-order valence-corrected chi connectivity index (χ1v) is 7.29. The largest absolute Gasteiger partial charge is 0.416 e. The second-order valence-electron chi connectivity index (χ2n) is 4.76. The molecule has 0 aromatic heterocycles. The fraction of sp³-hybridized carbons (Fsp3) is 0.250. The van der Waals surface area contributed by atoms with E-state index in [0.29, 0.717) is 6.42 Å². The first kappa shape index (κ1) is 16.0. The zero-order valence-electron chi connectivity index (χ0n) is 11.4. The van der Waals surface area contributed by atoms with Crippen LogP contribution in [0.25, 0.3) is 0 Å². The van der Waals surface area contributed by atoms with E-state index in [1.165, 1.54) is 12.1 Å². The third-order valence-corrected chi connectivity index (χ3v) is 4.07. The molecule has 21 heavy (non-hydrogen) atoms. The van der Waals surface area contributed by atoms with Crippen molar-refractivity contribution in [3.05, 3.63) is 69.7 Å². The number of hydrogen-bond donors (Lipinski definition) is 1. The molecule has 5 heteroatoms. The van der Waals surface area contributed by atoms with Gasteiger partial charge in [0.15, 0.2) is 0 Å². The number of nitrogens with one attached hydrogen (secondary N) is 1. The Balaban J connectivity index is 2.18. The molecule has 1 N–H and O–H groups in total. The summed E-state index contributed by atoms with van der Waals surface area (Å²) in [5, 5.41) is 3.20. The maximum Gasteiger partial charge on any atom is 0.416 e. The van der Waals surface area contributed by atoms with Crippen molar-refractivity contribution in [2.75, 3.05) is 7.05 Å². The van der Waals surface area contributed by atoms with E-state index in [0.717, 1.165) is 27.7 Å². The van der Waals surface area contributed by atoms with Crippen LogP contribution in [0.15, 0.2) is 53.0 Å². The molecular weight excluding hydrogens is 343 g/mol. The third-order valence-electron chi connectivity index (χ3n) is 3.35. The summed E-state index contributed by atoms with van der Waals surface area (Å²) in [6.45, 7) is 0. The lowest BCUT2D eigenvalue weighted by Crippen LogP contribution is -2.19. The van der Waals surface area contributed by atoms with Gasteiger partial charge in [-0.15, -0.1) is 0 Å². The molecule has 0 aliphatic carbocycles. The number of benzene rings is 2. The minimum absolute atomic E-state index is 0.0392. The fourth-order valence-corrected chi connectivity index (χ4v) is 2.75. The van der Waals surface area contributed by atoms with E-state index in [1.54, 1.807) is 0 Å². The Hall–Kier alpha value is -1.33. The Labute approximate surface area is 130 Å². The number of likely N-dealkylation sites (N-methyl/N-ethyl adjacent to an activating group) is 1. The molecule has 2 aromatic carbocycles. The number of hydrogen-bond acceptors (Lipinski definition) is 1. The molecule has 0 spiro atoms. The van der Waals surface area contributed by atoms with Crippen molar-refractivity contribution in [3.8, 4) is 0 Å². The molecule has 0 aliphatic rings. The monoisotopic (exact) mass is 357 g/mol. The van der Waals surface area contributed by atoms with Crippen molar-refractivity contribution in [1.82, 2.24) is 5.32 Å². The van der Waals surface area contributed by atoms with Gasteiger partial charge in [-0.2, -0.15) is 13.2 Å². The standard InChI is InChI=1S/C16H15BrF3N/c1-21-15(13-4-2-3-5-14(13)17)10-11-6-8-12(9-7-11)16(18,19)20/h2-9,15,21H,10H2,1H3. The maximum absolute atomic E-state index is 12.5. The summed E-state index contributed by atoms with van der Waals surface area (Å²) in [7, 11) is 1.84. The molecule has 0 saturated carbocycles. The Kier molecular flexibility index (Phi) is 5.06. The van der Waals surface area contributed by atoms with E-state index in [2.05, 4.69) is 21.2 Å². The van der Waals surface area contributed by atoms with E-state index >= 15 is 0 Å². The van der Waals surface area contributed by atoms with Gasteiger partial charge in [0.1, 0.15) is 0 Å². The molecular formula is C16H15BrF3N. The van der Waals surface area contributed by atoms with Crippen LogP contribution >= 0.6 is 15.9 Å². The molecule has 0 amide bonds. The van der Waals surface area contributed by atoms with E-state index in [1.807, 2.05) is 31.3 Å². The van der Waals surface area contributed by atoms with Gasteiger partial charge in [-0.3, -0.25) is 0 Å². The van der Waals surface area contributed by atoms with Crippen LogP contribution in [0.3, 0.4) is 0 Å². The molecule has 112 valence electrons. The minimum Gasteiger partial charge on any atom is -0.313 e. The minimum atomic E-state index is -4.29. The van der Waals surface area contributed by atoms with Crippen molar-refractivity contribution in [2.24, 2.45) is 0 Å². The highest BCUT2D eigenvalue weighted by molar-refractivity contribution is 9.10. The van der Waals surface area contributed by atoms with E-state index in [9.17, 15) is 13.2 Å². The van der Waals surface area contributed by atoms with Gasteiger partial charge < -0.3 is 5.32 Å². The first-order valence-electron chi connectivity index (χ1n) is 6.49. The first-order chi connectivity index (χ1) is 9.91. The van der Waals surface area contributed by atoms with Crippen molar-refractivity contribution >= 4 is 15.9 Å². The van der Waals surface area contributed by atoms with Gasteiger partial charge in [-0.05, 0) is 42.8 Å². The van der Waals surface area contributed by atoms with Crippen LogP contribution < -0.4 is 5.32 Å². The van der Waals surface area contributed by atoms with Gasteiger partial charge in [0, 0.05) is 10.5 Å². The zero-order chi connectivity index (χ0) is 15.5. The van der Waals surface area contributed by atoms with Crippen LogP contribution in [0.4, 0.5) is 13.2 Å². The second-order valence-corrected chi connectivity index (χ2v) is 5.62. The topological polar surface area (TPSA) is 12.0 Å². The van der Waals surface area contributed by atoms with Crippen LogP contribution in [0.1, 0.15) is 22.7 Å². The Morgan fingerprint density at radius 1 is 1.05 bits per heavy atom. The molecule has 2 rings (SSSR count). The van der Waals surface area contributed by atoms with Crippen molar-refractivity contribution in [1.29, 1.82) is 0 Å². The lowest BCUT2D eigenvalue weighted by Gasteiger charge is -2.18. The second kappa shape index (κ2) is 6.62. The lowest BCUT2D eigenvalue weighted by molar-refractivity contribution is -0.137. The normalized spacial score (nSPS) is 13.2. The summed E-state index contributed by atoms with van der Waals surface area (Å²) in [6, 6.07) is 13.2. The summed E-state index contributed by atoms with van der Waals surface area (Å²) in [5.74, 6) is 0. The van der Waals surface area contributed by atoms with Crippen molar-refractivity contribution in [2.45, 2.75) is 18.6 Å². The van der Waals surface area contributed by atoms with E-state index < -0.39 is 11.7 Å². The fourth-order valence-electron chi connectivity index (χ4n) is 2.19. The van der Waals surface area contributed by atoms with Gasteiger partial charge in [0.2, 0.25) is 0 Å². The summed E-state index contributed by atoms with van der Waals surface area (Å²) < 4.78 is 38.6. The SMILES string of the molecule is CNC(Cc1ccc(C(F)(F)F)cc1)c1ccccc1Br. The number of halogens is 4. The molecule has 2 aromatic rings. The highest BCUT2D eigenvalue weighted by Crippen LogP contribution is 2.30. The van der Waals surface area contributed by atoms with Crippen LogP contribution in [-0.4, -0.2) is 7.05 Å². The van der Waals surface area contributed by atoms with Crippen LogP contribution in [0.2, 0.25) is 0 Å². The quantitative estimate of drug-likeness (QED) is 0.814. The summed E-state index contributed by atoms with van der Waals surface area (Å²) in [5.41, 5.74) is 1.33. The van der Waals surface area contributed by atoms with Gasteiger partial charge in [0.25, 0.3) is 0 Å². The molecule has 1 unspecified atom stereocenters. The highest BCUT2D eigenvalue weighted by atomic mass is 79.9. The molecule has 0 aliphatic heterocycles. The van der Waals surface area contributed by atoms with Crippen molar-refractivity contribution in [3.63, 3.8) is 0 Å². The molecule has 1 nitrogen and oxygen atoms in total. The smallest absolute Gasteiger partial charge is 0.313 e. The third kappa shape index (κ3) is 4.08. The molecule has 0 bridgehead atoms. The summed E-state index contributed by atoms with van der Waals surface area (Å²) in [6.07, 6.45) is -3.67. The zero-order valence-corrected chi connectivity index (χ0v) is 13.0. The summed E-state index contributed by atoms with van der Waals surface area (Å²) in [4.78, 5) is 0. The van der Waals surface area contributed by atoms with E-state index in [4.69, 9.17) is 0 Å². The van der Waals surface area contributed by atoms with E-state index in [-0.39, 0.29) is 6.04 Å². The Morgan fingerprint density at radius 2 is 1.67 bits per heavy atom. The van der Waals surface area contributed by atoms with Gasteiger partial charge in [-0.1, -0.05) is 46.3 Å². The van der Waals surface area contributed by atoms with Crippen LogP contribution in [0, 0.1) is 0 Å². The lowest BCUT2D eigenvalue weighted by atomic mass is 9.98. The number of alkyl halides is 3. The van der Waals surface area contributed by atoms with Gasteiger partial charge >= 0.3 is 6.18 Å². The van der Waals surface area contributed by atoms with Gasteiger partial charge in [0.05, 0.1) is 5.56 Å². The molecule has 1 atom stereocenters. The highest BCUT2D eigenvalue weighted by Gasteiger charge is 2.30. The predicted molar refractivity (Wildman–Crippen MR) is 81.1 cm³/mol. The van der Waals surface area contributed by atoms with Crippen LogP contribution in [0.5, 0.6) is 0 Å². The molecule has 0 heterocycles. The molecule has 0 saturated heterocycles. The molecule has 0 fully saturated rings. The maximum atomic E-state index is 12.5. The Bertz CT molecular complexity index is 593. The van der Waals surface area contributed by atoms with Crippen molar-refractivity contribution < 1.29 is 13.2 Å². The average Bonchev–Trinajstić information content (AvgIpc) is 2.45. The Morgan fingerprint density at radius 3 is 2.19 bits per heavy atom. The summed E-state index contributed by atoms with van der Waals surface area (Å²) >= 11 is 3.50. The molecule has 0 radical (unpaired) electrons. The van der Waals surface area contributed by atoms with Gasteiger partial charge in [-0.25, -0.2) is 0 Å². The number of rotatable bonds is 4. The predicted octanol–water partition coefficient (Wildman–Crippen LogP) is 4.97.